The van der Waals surface area contributed by atoms with Crippen molar-refractivity contribution in [1.82, 2.24) is 31.9 Å². The number of halogens is 3. The number of hydrogen-bond donors (Lipinski definition) is 12. The summed E-state index contributed by atoms with van der Waals surface area (Å²) in [4.78, 5) is 104. The van der Waals surface area contributed by atoms with Gasteiger partial charge >= 0.3 is 5.97 Å². The van der Waals surface area contributed by atoms with Crippen molar-refractivity contribution >= 4 is 87.6 Å². The Morgan fingerprint density at radius 1 is 0.589 bits per heavy atom. The van der Waals surface area contributed by atoms with E-state index < -0.39 is 146 Å². The molecule has 6 aliphatic rings. The highest BCUT2D eigenvalue weighted by atomic mass is 35.5. The first-order valence-corrected chi connectivity index (χ1v) is 28.9. The molecule has 464 valence electrons. The standard InChI is InChI=1S/C60H47Cl3N6O20S/c1-22-24-4-8-41(89-90(83)84)42(16-24)86-31-12-26(11-29(70)19-31)46-56(77)67-48-28-17-43(87-39-6-3-23(9-34(39)61)10-37(55(76)65-46)64-54(22)75)53(85-2)44(18-28)88-40-7-5-25(14-35(40)62)51(73)50-59(80)68-49(60(81)82)32-20-30(71)21-38(72)45(32)33-13-27(15-36(63)52(33)74)47(58(79)69-50)66-57(48)78/h3-9,11-22,37,46-51,70-74H,10H2,1-2H3,(H,64,75)(H,65,76)(H,66,78)(H,67,77)(H,68,80)(H,69,79)(H,81,82)(H,83,84)/p-1/t22-,37-,46+,47-,48-,49+,50-,51-/m1/s1. The van der Waals surface area contributed by atoms with Crippen molar-refractivity contribution in [2.24, 2.45) is 0 Å². The van der Waals surface area contributed by atoms with Crippen LogP contribution in [-0.4, -0.2) is 100 Å². The number of aliphatic carboxylic acids is 1. The average molecular weight is 1310 g/mol. The number of carboxylic acid groups (broad SMARTS) is 1. The molecule has 12 N–H and O–H groups in total. The minimum atomic E-state index is -3.16. The summed E-state index contributed by atoms with van der Waals surface area (Å²) in [5, 5.41) is 82.2. The Hall–Kier alpha value is -10.0. The van der Waals surface area contributed by atoms with Gasteiger partial charge in [0.25, 0.3) is 0 Å². The maximum Gasteiger partial charge on any atom is 0.330 e. The van der Waals surface area contributed by atoms with E-state index in [0.29, 0.717) is 5.56 Å². The summed E-state index contributed by atoms with van der Waals surface area (Å²) in [6, 6.07) is 8.71. The first-order chi connectivity index (χ1) is 42.8. The number of ether oxygens (including phenoxy) is 4. The highest BCUT2D eigenvalue weighted by molar-refractivity contribution is 7.74. The number of aromatic hydroxyl groups is 4. The lowest BCUT2D eigenvalue weighted by Gasteiger charge is -2.31. The molecule has 0 spiro atoms. The van der Waals surface area contributed by atoms with Gasteiger partial charge in [-0.2, -0.15) is 0 Å². The molecule has 17 bridgehead atoms. The molecule has 13 rings (SSSR count). The van der Waals surface area contributed by atoms with Crippen molar-refractivity contribution in [2.75, 3.05) is 7.11 Å². The number of aliphatic hydroxyl groups is 1. The quantitative estimate of drug-likeness (QED) is 0.0835. The fourth-order valence-electron chi connectivity index (χ4n) is 10.7. The summed E-state index contributed by atoms with van der Waals surface area (Å²) in [5.74, 6) is -15.2. The molecule has 30 heteroatoms. The fraction of sp³-hybridized carbons (Fsp3) is 0.183. The van der Waals surface area contributed by atoms with Crippen LogP contribution >= 0.6 is 34.8 Å². The molecule has 0 fully saturated rings. The lowest BCUT2D eigenvalue weighted by Crippen LogP contribution is -2.55. The molecule has 0 radical (unpaired) electrons. The Kier molecular flexibility index (Phi) is 16.8. The number of fused-ring (bicyclic) bond motifs is 14. The maximum atomic E-state index is 15.9. The third-order valence-electron chi connectivity index (χ3n) is 15.1. The van der Waals surface area contributed by atoms with Crippen molar-refractivity contribution in [3.63, 3.8) is 0 Å². The van der Waals surface area contributed by atoms with Crippen molar-refractivity contribution in [3.8, 4) is 80.1 Å². The molecule has 1 unspecified atom stereocenters. The van der Waals surface area contributed by atoms with Gasteiger partial charge in [0.15, 0.2) is 29.0 Å². The summed E-state index contributed by atoms with van der Waals surface area (Å²) in [5.41, 5.74) is -2.21. The van der Waals surface area contributed by atoms with Crippen LogP contribution in [0.2, 0.25) is 15.1 Å². The zero-order valence-electron chi connectivity index (χ0n) is 46.2. The van der Waals surface area contributed by atoms with Gasteiger partial charge in [0, 0.05) is 35.2 Å². The van der Waals surface area contributed by atoms with E-state index in [1.165, 1.54) is 80.8 Å². The molecule has 6 aliphatic heterocycles. The topological polar surface area (TPSA) is 399 Å². The smallest absolute Gasteiger partial charge is 0.330 e. The summed E-state index contributed by atoms with van der Waals surface area (Å²) in [7, 11) is 1.23. The van der Waals surface area contributed by atoms with Crippen LogP contribution < -0.4 is 55.0 Å². The summed E-state index contributed by atoms with van der Waals surface area (Å²) < 4.78 is 53.6. The molecule has 0 aromatic heterocycles. The van der Waals surface area contributed by atoms with Crippen LogP contribution in [0.5, 0.6) is 69.0 Å². The van der Waals surface area contributed by atoms with Gasteiger partial charge < -0.3 is 90.2 Å². The summed E-state index contributed by atoms with van der Waals surface area (Å²) in [6.45, 7) is 1.47. The van der Waals surface area contributed by atoms with Crippen LogP contribution in [0.15, 0.2) is 109 Å². The van der Waals surface area contributed by atoms with E-state index in [1.807, 2.05) is 0 Å². The fourth-order valence-corrected chi connectivity index (χ4v) is 11.7. The summed E-state index contributed by atoms with van der Waals surface area (Å²) in [6.07, 6.45) is -2.47. The van der Waals surface area contributed by atoms with Gasteiger partial charge in [-0.3, -0.25) is 28.8 Å². The first kappa shape index (κ1) is 61.6. The zero-order valence-corrected chi connectivity index (χ0v) is 49.2. The van der Waals surface area contributed by atoms with E-state index in [1.54, 1.807) is 0 Å². The second-order valence-corrected chi connectivity index (χ2v) is 22.7. The van der Waals surface area contributed by atoms with Crippen molar-refractivity contribution in [1.29, 1.82) is 0 Å². The second-order valence-electron chi connectivity index (χ2n) is 20.9. The van der Waals surface area contributed by atoms with Gasteiger partial charge in [-0.1, -0.05) is 53.0 Å². The van der Waals surface area contributed by atoms with Crippen LogP contribution in [0.25, 0.3) is 11.1 Å². The molecule has 0 saturated heterocycles. The minimum Gasteiger partial charge on any atom is -0.740 e. The number of benzene rings is 7. The van der Waals surface area contributed by atoms with Gasteiger partial charge in [0.05, 0.1) is 28.1 Å². The molecular formula is C60H46Cl3N6O20S-. The molecular weight excluding hydrogens is 1260 g/mol. The molecule has 90 heavy (non-hydrogen) atoms. The number of carbonyl (C=O) groups is 7. The van der Waals surface area contributed by atoms with E-state index in [0.717, 1.165) is 42.5 Å². The van der Waals surface area contributed by atoms with Crippen LogP contribution in [0, 0.1) is 0 Å². The molecule has 7 aromatic carbocycles. The lowest BCUT2D eigenvalue weighted by molar-refractivity contribution is -0.143. The van der Waals surface area contributed by atoms with Gasteiger partial charge in [-0.15, -0.1) is 0 Å². The SMILES string of the molecule is COc1c2cc3cc1Oc1ccc(cc1Cl)[C@@H](O)[C@H]1NC(=O)[C@H](NC(=O)[C@@H]3NC(=O)[C@H]3NC(=O)[C@@H](Cc4ccc(c(Cl)c4)O2)NC(=O)[C@H](C)c2ccc(OS(=O)[O-])c(c2)Oc2cc(O)cc3c2)c2cc(Cl)c(O)c(c2)-c2c(O)cc(O)cc2[C@@H](C(=O)O)NC1=O. The molecule has 0 aliphatic carbocycles. The monoisotopic (exact) mass is 1310 g/mol. The van der Waals surface area contributed by atoms with Crippen molar-refractivity contribution < 1.29 is 96.1 Å². The number of amides is 6. The highest BCUT2D eigenvalue weighted by Crippen LogP contribution is 2.49. The zero-order chi connectivity index (χ0) is 64.3. The largest absolute Gasteiger partial charge is 0.740 e. The average Bonchev–Trinajstić information content (AvgIpc) is 1.06. The van der Waals surface area contributed by atoms with E-state index in [-0.39, 0.29) is 90.3 Å². The number of carbonyl (C=O) groups excluding carboxylic acids is 6. The van der Waals surface area contributed by atoms with E-state index in [4.69, 9.17) is 57.9 Å². The Bertz CT molecular complexity index is 4250. The number of nitrogens with one attached hydrogen (secondary N) is 6. The third kappa shape index (κ3) is 12.2. The van der Waals surface area contributed by atoms with Crippen LogP contribution in [0.3, 0.4) is 0 Å². The maximum absolute atomic E-state index is 15.9. The van der Waals surface area contributed by atoms with Crippen molar-refractivity contribution in [3.05, 3.63) is 163 Å². The number of aliphatic hydroxyl groups excluding tert-OH is 1. The number of rotatable bonds is 4. The van der Waals surface area contributed by atoms with Crippen LogP contribution in [0.1, 0.15) is 82.1 Å². The van der Waals surface area contributed by atoms with Crippen molar-refractivity contribution in [2.45, 2.75) is 61.6 Å². The number of methoxy groups -OCH3 is 1. The second kappa shape index (κ2) is 24.5. The third-order valence-corrected chi connectivity index (χ3v) is 16.3. The van der Waals surface area contributed by atoms with E-state index in [9.17, 15) is 53.8 Å². The summed E-state index contributed by atoms with van der Waals surface area (Å²) >= 11 is 17.4. The predicted molar refractivity (Wildman–Crippen MR) is 314 cm³/mol. The molecule has 6 heterocycles. The van der Waals surface area contributed by atoms with E-state index in [2.05, 4.69) is 31.9 Å². The Morgan fingerprint density at radius 2 is 1.17 bits per heavy atom. The van der Waals surface area contributed by atoms with Crippen LogP contribution in [-0.2, 0) is 51.3 Å². The van der Waals surface area contributed by atoms with Gasteiger partial charge in [-0.25, -0.2) is 9.00 Å². The Morgan fingerprint density at radius 3 is 1.80 bits per heavy atom. The predicted octanol–water partition coefficient (Wildman–Crippen LogP) is 6.51. The minimum absolute atomic E-state index is 0.0717. The Balaban J connectivity index is 1.16. The van der Waals surface area contributed by atoms with E-state index >= 15 is 19.2 Å². The highest BCUT2D eigenvalue weighted by Gasteiger charge is 2.42. The van der Waals surface area contributed by atoms with Gasteiger partial charge in [0.2, 0.25) is 41.2 Å². The van der Waals surface area contributed by atoms with Gasteiger partial charge in [0.1, 0.15) is 87.9 Å². The Labute approximate surface area is 525 Å². The first-order valence-electron chi connectivity index (χ1n) is 26.7. The lowest BCUT2D eigenvalue weighted by atomic mass is 9.89. The molecule has 26 nitrogen and oxygen atoms in total. The molecule has 9 atom stereocenters. The number of phenolic OH excluding ortho intramolecular Hbond substituents is 4. The number of carboxylic acids is 1. The normalized spacial score (nSPS) is 21.8. The molecule has 6 amide bonds. The number of phenols is 4. The van der Waals surface area contributed by atoms with Crippen LogP contribution in [0.4, 0.5) is 0 Å². The molecule has 7 aromatic rings. The van der Waals surface area contributed by atoms with Gasteiger partial charge in [-0.05, 0) is 119 Å². The number of hydrogen-bond acceptors (Lipinski definition) is 19. The molecule has 0 saturated carbocycles.